The number of aromatic nitrogens is 3. The van der Waals surface area contributed by atoms with E-state index in [4.69, 9.17) is 0 Å². The topological polar surface area (TPSA) is 54.5 Å². The van der Waals surface area contributed by atoms with Crippen molar-refractivity contribution in [1.82, 2.24) is 14.8 Å². The highest BCUT2D eigenvalue weighted by Crippen LogP contribution is 2.24. The van der Waals surface area contributed by atoms with Crippen LogP contribution < -0.4 is 0 Å². The van der Waals surface area contributed by atoms with Crippen LogP contribution in [0.25, 0.3) is 5.82 Å². The molecule has 0 fully saturated rings. The van der Waals surface area contributed by atoms with Gasteiger partial charge in [-0.25, -0.2) is 9.67 Å². The van der Waals surface area contributed by atoms with Crippen LogP contribution in [0.5, 0.6) is 0 Å². The lowest BCUT2D eigenvalue weighted by Crippen LogP contribution is -2.05. The molecule has 0 aliphatic heterocycles. The molecule has 1 aliphatic rings. The predicted molar refractivity (Wildman–Crippen MR) is 62.8 cm³/mol. The van der Waals surface area contributed by atoms with Crippen LogP contribution in [-0.2, 0) is 12.8 Å². The molecule has 2 aromatic heterocycles. The normalized spacial score (nSPS) is 13.4. The van der Waals surface area contributed by atoms with Crippen molar-refractivity contribution in [1.29, 1.82) is 5.26 Å². The van der Waals surface area contributed by atoms with E-state index >= 15 is 0 Å². The minimum atomic E-state index is 0.605. The summed E-state index contributed by atoms with van der Waals surface area (Å²) in [5.74, 6) is 0.654. The molecule has 0 atom stereocenters. The summed E-state index contributed by atoms with van der Waals surface area (Å²) in [6.07, 6.45) is 5.03. The van der Waals surface area contributed by atoms with E-state index in [1.165, 1.54) is 5.56 Å². The summed E-state index contributed by atoms with van der Waals surface area (Å²) < 4.78 is 1.69. The maximum atomic E-state index is 9.19. The lowest BCUT2D eigenvalue weighted by atomic mass is 10.1. The Morgan fingerprint density at radius 2 is 2.29 bits per heavy atom. The fourth-order valence-corrected chi connectivity index (χ4v) is 2.25. The molecule has 0 aromatic carbocycles. The Balaban J connectivity index is 2.19. The fourth-order valence-electron chi connectivity index (χ4n) is 2.25. The van der Waals surface area contributed by atoms with Crippen LogP contribution in [-0.4, -0.2) is 14.8 Å². The van der Waals surface area contributed by atoms with Crippen LogP contribution >= 0.6 is 0 Å². The van der Waals surface area contributed by atoms with Gasteiger partial charge in [-0.15, -0.1) is 0 Å². The summed E-state index contributed by atoms with van der Waals surface area (Å²) >= 11 is 0. The third kappa shape index (κ3) is 1.60. The van der Waals surface area contributed by atoms with E-state index in [1.807, 2.05) is 25.3 Å². The summed E-state index contributed by atoms with van der Waals surface area (Å²) in [4.78, 5) is 4.59. The molecule has 0 spiro atoms. The van der Waals surface area contributed by atoms with Gasteiger partial charge in [-0.05, 0) is 43.9 Å². The molecule has 0 bridgehead atoms. The first kappa shape index (κ1) is 10.0. The van der Waals surface area contributed by atoms with Crippen molar-refractivity contribution in [2.45, 2.75) is 26.2 Å². The molecule has 0 unspecified atom stereocenters. The fraction of sp³-hybridized carbons (Fsp3) is 0.308. The molecule has 3 rings (SSSR count). The van der Waals surface area contributed by atoms with Crippen molar-refractivity contribution in [2.24, 2.45) is 0 Å². The van der Waals surface area contributed by atoms with Gasteiger partial charge >= 0.3 is 0 Å². The average molecular weight is 224 g/mol. The molecule has 2 heterocycles. The molecule has 0 saturated heterocycles. The Hall–Kier alpha value is -2.15. The van der Waals surface area contributed by atoms with Gasteiger partial charge in [0, 0.05) is 11.9 Å². The minimum absolute atomic E-state index is 0.605. The molecule has 1 aliphatic carbocycles. The van der Waals surface area contributed by atoms with E-state index in [1.54, 1.807) is 4.68 Å². The maximum Gasteiger partial charge on any atom is 0.171 e. The van der Waals surface area contributed by atoms with Crippen molar-refractivity contribution in [2.75, 3.05) is 0 Å². The highest BCUT2D eigenvalue weighted by atomic mass is 15.3. The number of nitriles is 1. The first-order valence-corrected chi connectivity index (χ1v) is 5.73. The zero-order chi connectivity index (χ0) is 11.8. The molecule has 2 aromatic rings. The third-order valence-electron chi connectivity index (χ3n) is 3.09. The average Bonchev–Trinajstić information content (AvgIpc) is 2.94. The number of nitrogens with zero attached hydrogens (tertiary/aromatic N) is 4. The van der Waals surface area contributed by atoms with Crippen LogP contribution in [0.15, 0.2) is 18.3 Å². The van der Waals surface area contributed by atoms with Gasteiger partial charge in [0.15, 0.2) is 5.82 Å². The van der Waals surface area contributed by atoms with Crippen LogP contribution in [0, 0.1) is 18.3 Å². The van der Waals surface area contributed by atoms with E-state index in [2.05, 4.69) is 16.2 Å². The Labute approximate surface area is 99.5 Å². The molecule has 0 amide bonds. The van der Waals surface area contributed by atoms with E-state index in [-0.39, 0.29) is 0 Å². The third-order valence-corrected chi connectivity index (χ3v) is 3.09. The number of rotatable bonds is 1. The molecule has 4 heteroatoms. The zero-order valence-electron chi connectivity index (χ0n) is 9.64. The van der Waals surface area contributed by atoms with Gasteiger partial charge in [-0.3, -0.25) is 0 Å². The number of hydrogen-bond donors (Lipinski definition) is 0. The van der Waals surface area contributed by atoms with Crippen LogP contribution in [0.4, 0.5) is 0 Å². The van der Waals surface area contributed by atoms with Crippen molar-refractivity contribution in [3.63, 3.8) is 0 Å². The van der Waals surface area contributed by atoms with Gasteiger partial charge in [-0.1, -0.05) is 0 Å². The zero-order valence-corrected chi connectivity index (χ0v) is 9.64. The lowest BCUT2D eigenvalue weighted by molar-refractivity contribution is 0.816. The summed E-state index contributed by atoms with van der Waals surface area (Å²) in [7, 11) is 0. The van der Waals surface area contributed by atoms with Crippen molar-refractivity contribution >= 4 is 0 Å². The van der Waals surface area contributed by atoms with E-state index < -0.39 is 0 Å². The first-order valence-electron chi connectivity index (χ1n) is 5.73. The quantitative estimate of drug-likeness (QED) is 0.743. The minimum Gasteiger partial charge on any atom is -0.232 e. The molecule has 17 heavy (non-hydrogen) atoms. The second-order valence-corrected chi connectivity index (χ2v) is 4.33. The van der Waals surface area contributed by atoms with E-state index in [9.17, 15) is 5.26 Å². The molecule has 4 nitrogen and oxygen atoms in total. The number of aryl methyl sites for hydroxylation is 3. The van der Waals surface area contributed by atoms with Gasteiger partial charge in [0.2, 0.25) is 0 Å². The number of hydrogen-bond acceptors (Lipinski definition) is 3. The second kappa shape index (κ2) is 3.70. The lowest BCUT2D eigenvalue weighted by Gasteiger charge is -2.06. The number of pyridine rings is 1. The monoisotopic (exact) mass is 224 g/mol. The summed E-state index contributed by atoms with van der Waals surface area (Å²) in [6.45, 7) is 1.93. The molecular formula is C13H12N4. The highest BCUT2D eigenvalue weighted by Gasteiger charge is 2.17. The Kier molecular flexibility index (Phi) is 2.19. The van der Waals surface area contributed by atoms with E-state index in [0.29, 0.717) is 11.4 Å². The first-order chi connectivity index (χ1) is 8.28. The molecular weight excluding hydrogens is 212 g/mol. The SMILES string of the molecule is Cc1ccn(-c2nc3c(cc2C#N)CCC3)n1. The van der Waals surface area contributed by atoms with Gasteiger partial charge in [0.25, 0.3) is 0 Å². The van der Waals surface area contributed by atoms with E-state index in [0.717, 1.165) is 30.7 Å². The highest BCUT2D eigenvalue weighted by molar-refractivity contribution is 5.47. The smallest absolute Gasteiger partial charge is 0.171 e. The standard InChI is InChI=1S/C13H12N4/c1-9-5-6-17(16-9)13-11(8-14)7-10-3-2-4-12(10)15-13/h5-7H,2-4H2,1H3. The number of fused-ring (bicyclic) bond motifs is 1. The van der Waals surface area contributed by atoms with Gasteiger partial charge in [0.05, 0.1) is 11.3 Å². The Morgan fingerprint density at radius 3 is 3.00 bits per heavy atom. The molecule has 0 saturated carbocycles. The summed E-state index contributed by atoms with van der Waals surface area (Å²) in [5, 5.41) is 13.5. The predicted octanol–water partition coefficient (Wildman–Crippen LogP) is 1.94. The van der Waals surface area contributed by atoms with Gasteiger partial charge in [-0.2, -0.15) is 10.4 Å². The Bertz CT molecular complexity index is 619. The van der Waals surface area contributed by atoms with Crippen LogP contribution in [0.1, 0.15) is 28.9 Å². The van der Waals surface area contributed by atoms with Crippen LogP contribution in [0.3, 0.4) is 0 Å². The second-order valence-electron chi connectivity index (χ2n) is 4.33. The van der Waals surface area contributed by atoms with Gasteiger partial charge in [0.1, 0.15) is 6.07 Å². The summed E-state index contributed by atoms with van der Waals surface area (Å²) in [6, 6.07) is 6.08. The molecule has 84 valence electrons. The van der Waals surface area contributed by atoms with Crippen LogP contribution in [0.2, 0.25) is 0 Å². The van der Waals surface area contributed by atoms with Gasteiger partial charge < -0.3 is 0 Å². The molecule has 0 radical (unpaired) electrons. The van der Waals surface area contributed by atoms with Crippen molar-refractivity contribution < 1.29 is 0 Å². The maximum absolute atomic E-state index is 9.19. The summed E-state index contributed by atoms with van der Waals surface area (Å²) in [5.41, 5.74) is 3.87. The molecule has 0 N–H and O–H groups in total. The largest absolute Gasteiger partial charge is 0.232 e. The van der Waals surface area contributed by atoms with Crippen molar-refractivity contribution in [3.8, 4) is 11.9 Å². The van der Waals surface area contributed by atoms with Crippen molar-refractivity contribution in [3.05, 3.63) is 40.8 Å². The Morgan fingerprint density at radius 1 is 1.41 bits per heavy atom.